The highest BCUT2D eigenvalue weighted by atomic mass is 32.2. The lowest BCUT2D eigenvalue weighted by Gasteiger charge is -2.17. The first-order valence-corrected chi connectivity index (χ1v) is 4.99. The minimum Gasteiger partial charge on any atom is -0.392 e. The first-order chi connectivity index (χ1) is 5.90. The number of anilines is 1. The summed E-state index contributed by atoms with van der Waals surface area (Å²) < 4.78 is 0. The van der Waals surface area contributed by atoms with Crippen molar-refractivity contribution in [2.75, 3.05) is 17.6 Å². The lowest BCUT2D eigenvalue weighted by molar-refractivity contribution is 0.282. The van der Waals surface area contributed by atoms with Gasteiger partial charge >= 0.3 is 0 Å². The van der Waals surface area contributed by atoms with Gasteiger partial charge in [-0.3, -0.25) is 0 Å². The van der Waals surface area contributed by atoms with Gasteiger partial charge in [0.1, 0.15) is 0 Å². The van der Waals surface area contributed by atoms with Gasteiger partial charge < -0.3 is 10.4 Å². The number of aliphatic hydroxyl groups is 1. The maximum absolute atomic E-state index is 8.90. The minimum atomic E-state index is 0.125. The van der Waals surface area contributed by atoms with Crippen LogP contribution in [0.15, 0.2) is 23.1 Å². The van der Waals surface area contributed by atoms with Crippen molar-refractivity contribution >= 4 is 17.4 Å². The van der Waals surface area contributed by atoms with Crippen molar-refractivity contribution in [1.82, 2.24) is 0 Å². The van der Waals surface area contributed by atoms with Gasteiger partial charge in [0.2, 0.25) is 0 Å². The summed E-state index contributed by atoms with van der Waals surface area (Å²) >= 11 is 1.86. The van der Waals surface area contributed by atoms with E-state index in [1.54, 1.807) is 0 Å². The summed E-state index contributed by atoms with van der Waals surface area (Å²) in [6, 6.07) is 6.05. The van der Waals surface area contributed by atoms with Crippen LogP contribution in [0.2, 0.25) is 0 Å². The molecule has 1 heterocycles. The van der Waals surface area contributed by atoms with E-state index in [-0.39, 0.29) is 6.61 Å². The lowest BCUT2D eigenvalue weighted by atomic mass is 10.2. The second-order valence-electron chi connectivity index (χ2n) is 2.76. The zero-order valence-corrected chi connectivity index (χ0v) is 7.53. The van der Waals surface area contributed by atoms with E-state index in [1.807, 2.05) is 23.9 Å². The molecule has 0 aliphatic carbocycles. The average molecular weight is 181 g/mol. The quantitative estimate of drug-likeness (QED) is 0.691. The fraction of sp³-hybridized carbons (Fsp3) is 0.333. The Balaban J connectivity index is 2.36. The molecular formula is C9H11NOS. The monoisotopic (exact) mass is 181 g/mol. The number of hydrogen-bond donors (Lipinski definition) is 2. The maximum atomic E-state index is 8.90. The van der Waals surface area contributed by atoms with Crippen LogP contribution in [0.4, 0.5) is 5.69 Å². The molecule has 64 valence electrons. The Bertz CT molecular complexity index is 288. The van der Waals surface area contributed by atoms with E-state index in [4.69, 9.17) is 5.11 Å². The van der Waals surface area contributed by atoms with Crippen molar-refractivity contribution in [2.24, 2.45) is 0 Å². The number of fused-ring (bicyclic) bond motifs is 1. The highest BCUT2D eigenvalue weighted by Crippen LogP contribution is 2.31. The first-order valence-electron chi connectivity index (χ1n) is 4.00. The van der Waals surface area contributed by atoms with Crippen LogP contribution in [0.25, 0.3) is 0 Å². The highest BCUT2D eigenvalue weighted by Gasteiger charge is 2.08. The Morgan fingerprint density at radius 2 is 2.42 bits per heavy atom. The van der Waals surface area contributed by atoms with Crippen molar-refractivity contribution in [2.45, 2.75) is 11.5 Å². The Morgan fingerprint density at radius 3 is 3.25 bits per heavy atom. The van der Waals surface area contributed by atoms with Gasteiger partial charge in [0, 0.05) is 22.9 Å². The number of thioether (sulfide) groups is 1. The van der Waals surface area contributed by atoms with Gasteiger partial charge in [-0.1, -0.05) is 6.07 Å². The molecule has 1 aromatic rings. The minimum absolute atomic E-state index is 0.125. The maximum Gasteiger partial charge on any atom is 0.0682 e. The van der Waals surface area contributed by atoms with Gasteiger partial charge in [0.25, 0.3) is 0 Å². The van der Waals surface area contributed by atoms with E-state index in [0.29, 0.717) is 0 Å². The SMILES string of the molecule is OCc1ccc2c(c1)NCCS2. The lowest BCUT2D eigenvalue weighted by Crippen LogP contribution is -2.10. The molecule has 1 aliphatic rings. The molecule has 2 rings (SSSR count). The molecule has 0 spiro atoms. The fourth-order valence-electron chi connectivity index (χ4n) is 1.29. The van der Waals surface area contributed by atoms with Crippen LogP contribution in [0.1, 0.15) is 5.56 Å². The van der Waals surface area contributed by atoms with E-state index in [1.165, 1.54) is 4.90 Å². The molecule has 0 saturated carbocycles. The fourth-order valence-corrected chi connectivity index (χ4v) is 2.16. The third-order valence-electron chi connectivity index (χ3n) is 1.90. The van der Waals surface area contributed by atoms with Crippen molar-refractivity contribution in [3.63, 3.8) is 0 Å². The molecule has 2 nitrogen and oxygen atoms in total. The topological polar surface area (TPSA) is 32.3 Å². The molecule has 0 saturated heterocycles. The molecule has 3 heteroatoms. The second kappa shape index (κ2) is 3.37. The zero-order valence-electron chi connectivity index (χ0n) is 6.71. The summed E-state index contributed by atoms with van der Waals surface area (Å²) in [6.07, 6.45) is 0. The van der Waals surface area contributed by atoms with E-state index < -0.39 is 0 Å². The Labute approximate surface area is 76.0 Å². The van der Waals surface area contributed by atoms with Gasteiger partial charge in [-0.2, -0.15) is 0 Å². The van der Waals surface area contributed by atoms with Gasteiger partial charge in [0.05, 0.1) is 6.61 Å². The second-order valence-corrected chi connectivity index (χ2v) is 3.90. The Morgan fingerprint density at radius 1 is 1.50 bits per heavy atom. The van der Waals surface area contributed by atoms with Crippen LogP contribution in [0, 0.1) is 0 Å². The van der Waals surface area contributed by atoms with Crippen LogP contribution in [0.5, 0.6) is 0 Å². The van der Waals surface area contributed by atoms with E-state index in [2.05, 4.69) is 11.4 Å². The molecule has 0 amide bonds. The van der Waals surface area contributed by atoms with Crippen LogP contribution in [0.3, 0.4) is 0 Å². The molecule has 1 aliphatic heterocycles. The molecule has 0 bridgehead atoms. The number of nitrogens with one attached hydrogen (secondary N) is 1. The van der Waals surface area contributed by atoms with E-state index in [9.17, 15) is 0 Å². The summed E-state index contributed by atoms with van der Waals surface area (Å²) in [7, 11) is 0. The van der Waals surface area contributed by atoms with Gasteiger partial charge in [-0.05, 0) is 17.7 Å². The number of aliphatic hydroxyl groups excluding tert-OH is 1. The van der Waals surface area contributed by atoms with Crippen molar-refractivity contribution in [3.05, 3.63) is 23.8 Å². The van der Waals surface area contributed by atoms with Gasteiger partial charge in [-0.15, -0.1) is 11.8 Å². The smallest absolute Gasteiger partial charge is 0.0682 e. The normalized spacial score (nSPS) is 15.1. The van der Waals surface area contributed by atoms with Crippen LogP contribution in [-0.2, 0) is 6.61 Å². The zero-order chi connectivity index (χ0) is 8.39. The molecule has 0 aromatic heterocycles. The molecule has 12 heavy (non-hydrogen) atoms. The number of benzene rings is 1. The standard InChI is InChI=1S/C9H11NOS/c11-6-7-1-2-9-8(5-7)10-3-4-12-9/h1-2,5,10-11H,3-4,6H2. The average Bonchev–Trinajstić information content (AvgIpc) is 2.17. The predicted molar refractivity (Wildman–Crippen MR) is 51.6 cm³/mol. The van der Waals surface area contributed by atoms with Crippen molar-refractivity contribution in [3.8, 4) is 0 Å². The summed E-state index contributed by atoms with van der Waals surface area (Å²) in [4.78, 5) is 1.29. The van der Waals surface area contributed by atoms with Crippen LogP contribution < -0.4 is 5.32 Å². The third-order valence-corrected chi connectivity index (χ3v) is 2.98. The highest BCUT2D eigenvalue weighted by molar-refractivity contribution is 7.99. The van der Waals surface area contributed by atoms with E-state index in [0.717, 1.165) is 23.5 Å². The third kappa shape index (κ3) is 1.42. The van der Waals surface area contributed by atoms with Gasteiger partial charge in [0.15, 0.2) is 0 Å². The summed E-state index contributed by atoms with van der Waals surface area (Å²) in [5.41, 5.74) is 2.14. The summed E-state index contributed by atoms with van der Waals surface area (Å²) in [6.45, 7) is 1.15. The molecule has 0 fully saturated rings. The molecule has 0 atom stereocenters. The van der Waals surface area contributed by atoms with Crippen LogP contribution >= 0.6 is 11.8 Å². The molecule has 0 unspecified atom stereocenters. The number of hydrogen-bond acceptors (Lipinski definition) is 3. The van der Waals surface area contributed by atoms with Crippen LogP contribution in [-0.4, -0.2) is 17.4 Å². The number of rotatable bonds is 1. The Hall–Kier alpha value is -0.670. The predicted octanol–water partition coefficient (Wildman–Crippen LogP) is 1.70. The van der Waals surface area contributed by atoms with Crippen molar-refractivity contribution < 1.29 is 5.11 Å². The van der Waals surface area contributed by atoms with Gasteiger partial charge in [-0.25, -0.2) is 0 Å². The van der Waals surface area contributed by atoms with E-state index >= 15 is 0 Å². The largest absolute Gasteiger partial charge is 0.392 e. The summed E-state index contributed by atoms with van der Waals surface area (Å²) in [5, 5.41) is 12.2. The molecule has 0 radical (unpaired) electrons. The molecule has 2 N–H and O–H groups in total. The first kappa shape index (κ1) is 7.95. The Kier molecular flexibility index (Phi) is 2.23. The molecule has 1 aromatic carbocycles. The van der Waals surface area contributed by atoms with Crippen molar-refractivity contribution in [1.29, 1.82) is 0 Å². The summed E-state index contributed by atoms with van der Waals surface area (Å²) in [5.74, 6) is 1.13. The molecular weight excluding hydrogens is 170 g/mol.